The zero-order valence-corrected chi connectivity index (χ0v) is 14.4. The van der Waals surface area contributed by atoms with Gasteiger partial charge in [0.15, 0.2) is 0 Å². The molecule has 1 aromatic heterocycles. The summed E-state index contributed by atoms with van der Waals surface area (Å²) < 4.78 is 31.9. The molecule has 142 valence electrons. The van der Waals surface area contributed by atoms with Gasteiger partial charge in [-0.1, -0.05) is 0 Å². The van der Waals surface area contributed by atoms with Crippen molar-refractivity contribution in [2.75, 3.05) is 16.8 Å². The maximum atomic E-state index is 13.4. The van der Waals surface area contributed by atoms with Crippen molar-refractivity contribution in [2.24, 2.45) is 5.92 Å². The van der Waals surface area contributed by atoms with Crippen LogP contribution in [0.4, 0.5) is 20.2 Å². The minimum Gasteiger partial charge on any atom is -0.423 e. The Bertz CT molecular complexity index is 1140. The minimum atomic E-state index is -0.793. The van der Waals surface area contributed by atoms with Crippen molar-refractivity contribution in [1.82, 2.24) is 0 Å². The van der Waals surface area contributed by atoms with Gasteiger partial charge in [-0.2, -0.15) is 0 Å². The molecule has 0 aliphatic carbocycles. The fraction of sp³-hybridized carbons (Fsp3) is 0.150. The van der Waals surface area contributed by atoms with E-state index < -0.39 is 23.2 Å². The van der Waals surface area contributed by atoms with Crippen molar-refractivity contribution >= 4 is 34.2 Å². The van der Waals surface area contributed by atoms with Crippen LogP contribution in [0, 0.1) is 17.6 Å². The van der Waals surface area contributed by atoms with Gasteiger partial charge in [0.2, 0.25) is 11.8 Å². The number of fused-ring (bicyclic) bond motifs is 1. The Morgan fingerprint density at radius 1 is 1.04 bits per heavy atom. The first-order valence-corrected chi connectivity index (χ1v) is 8.50. The zero-order chi connectivity index (χ0) is 19.8. The second-order valence-corrected chi connectivity index (χ2v) is 6.53. The number of hydrogen-bond acceptors (Lipinski definition) is 4. The number of benzene rings is 2. The number of carbonyl (C=O) groups excluding carboxylic acids is 2. The Labute approximate surface area is 157 Å². The SMILES string of the molecule is O=C(Nc1ccc2oc(=O)ccc2c1)C1CC(=O)N(c2cc(F)cc(F)c2)C1. The molecule has 0 radical (unpaired) electrons. The number of anilines is 2. The predicted octanol–water partition coefficient (Wildman–Crippen LogP) is 3.06. The zero-order valence-electron chi connectivity index (χ0n) is 14.4. The average molecular weight is 384 g/mol. The summed E-state index contributed by atoms with van der Waals surface area (Å²) in [6.45, 7) is 0.0238. The van der Waals surface area contributed by atoms with Gasteiger partial charge in [-0.3, -0.25) is 9.59 Å². The minimum absolute atomic E-state index is 0.0238. The summed E-state index contributed by atoms with van der Waals surface area (Å²) >= 11 is 0. The highest BCUT2D eigenvalue weighted by Crippen LogP contribution is 2.28. The summed E-state index contributed by atoms with van der Waals surface area (Å²) in [7, 11) is 0. The van der Waals surface area contributed by atoms with Gasteiger partial charge in [0, 0.05) is 41.9 Å². The van der Waals surface area contributed by atoms with Crippen LogP contribution in [0.25, 0.3) is 11.0 Å². The van der Waals surface area contributed by atoms with E-state index in [0.717, 1.165) is 18.2 Å². The molecule has 2 amide bonds. The first-order chi connectivity index (χ1) is 13.4. The Hall–Kier alpha value is -3.55. The van der Waals surface area contributed by atoms with Crippen LogP contribution in [-0.2, 0) is 9.59 Å². The van der Waals surface area contributed by atoms with Crippen LogP contribution in [-0.4, -0.2) is 18.4 Å². The Balaban J connectivity index is 1.50. The summed E-state index contributed by atoms with van der Waals surface area (Å²) in [6.07, 6.45) is -0.0631. The molecule has 1 N–H and O–H groups in total. The van der Waals surface area contributed by atoms with Gasteiger partial charge in [0.25, 0.3) is 0 Å². The molecule has 1 unspecified atom stereocenters. The van der Waals surface area contributed by atoms with Crippen molar-refractivity contribution in [1.29, 1.82) is 0 Å². The Kier molecular flexibility index (Phi) is 4.38. The fourth-order valence-corrected chi connectivity index (χ4v) is 3.22. The van der Waals surface area contributed by atoms with E-state index in [4.69, 9.17) is 4.42 Å². The standard InChI is InChI=1S/C20H14F2N2O4/c21-13-7-14(22)9-16(8-13)24-10-12(6-18(24)25)20(27)23-15-2-3-17-11(5-15)1-4-19(26)28-17/h1-5,7-9,12H,6,10H2,(H,23,27). The molecule has 1 saturated heterocycles. The number of halogens is 2. The summed E-state index contributed by atoms with van der Waals surface area (Å²) in [5.41, 5.74) is 0.482. The maximum Gasteiger partial charge on any atom is 0.336 e. The molecular weight excluding hydrogens is 370 g/mol. The molecule has 1 fully saturated rings. The Morgan fingerprint density at radius 3 is 2.54 bits per heavy atom. The van der Waals surface area contributed by atoms with Gasteiger partial charge in [0.05, 0.1) is 5.92 Å². The summed E-state index contributed by atoms with van der Waals surface area (Å²) in [6, 6.07) is 10.5. The van der Waals surface area contributed by atoms with Crippen LogP contribution < -0.4 is 15.8 Å². The van der Waals surface area contributed by atoms with Gasteiger partial charge in [-0.15, -0.1) is 0 Å². The smallest absolute Gasteiger partial charge is 0.336 e. The van der Waals surface area contributed by atoms with E-state index in [-0.39, 0.29) is 30.5 Å². The highest BCUT2D eigenvalue weighted by atomic mass is 19.1. The van der Waals surface area contributed by atoms with E-state index >= 15 is 0 Å². The fourth-order valence-electron chi connectivity index (χ4n) is 3.22. The number of hydrogen-bond donors (Lipinski definition) is 1. The highest BCUT2D eigenvalue weighted by Gasteiger charge is 2.35. The summed E-state index contributed by atoms with van der Waals surface area (Å²) in [4.78, 5) is 37.2. The summed E-state index contributed by atoms with van der Waals surface area (Å²) in [5, 5.41) is 3.36. The van der Waals surface area contributed by atoms with E-state index in [1.165, 1.54) is 11.0 Å². The Morgan fingerprint density at radius 2 is 1.79 bits per heavy atom. The van der Waals surface area contributed by atoms with E-state index in [1.807, 2.05) is 0 Å². The molecule has 2 aromatic carbocycles. The van der Waals surface area contributed by atoms with Crippen LogP contribution in [0.15, 0.2) is 57.7 Å². The second kappa shape index (κ2) is 6.88. The molecular formula is C20H14F2N2O4. The topological polar surface area (TPSA) is 79.6 Å². The molecule has 0 saturated carbocycles. The molecule has 1 atom stereocenters. The van der Waals surface area contributed by atoms with Crippen LogP contribution in [0.3, 0.4) is 0 Å². The third kappa shape index (κ3) is 3.48. The molecule has 1 aliphatic heterocycles. The predicted molar refractivity (Wildman–Crippen MR) is 97.9 cm³/mol. The number of carbonyl (C=O) groups is 2. The van der Waals surface area contributed by atoms with Crippen LogP contribution >= 0.6 is 0 Å². The number of nitrogens with zero attached hydrogens (tertiary/aromatic N) is 1. The molecule has 0 spiro atoms. The lowest BCUT2D eigenvalue weighted by Gasteiger charge is -2.17. The van der Waals surface area contributed by atoms with Crippen molar-refractivity contribution in [3.63, 3.8) is 0 Å². The number of rotatable bonds is 3. The number of nitrogens with one attached hydrogen (secondary N) is 1. The van der Waals surface area contributed by atoms with E-state index in [9.17, 15) is 23.2 Å². The molecule has 3 aromatic rings. The lowest BCUT2D eigenvalue weighted by atomic mass is 10.1. The van der Waals surface area contributed by atoms with E-state index in [1.54, 1.807) is 24.3 Å². The van der Waals surface area contributed by atoms with Gasteiger partial charge >= 0.3 is 5.63 Å². The van der Waals surface area contributed by atoms with Gasteiger partial charge < -0.3 is 14.6 Å². The number of amides is 2. The molecule has 6 nitrogen and oxygen atoms in total. The van der Waals surface area contributed by atoms with E-state index in [0.29, 0.717) is 16.7 Å². The first kappa shape index (κ1) is 17.8. The lowest BCUT2D eigenvalue weighted by molar-refractivity contribution is -0.122. The second-order valence-electron chi connectivity index (χ2n) is 6.53. The van der Waals surface area contributed by atoms with Crippen LogP contribution in [0.2, 0.25) is 0 Å². The van der Waals surface area contributed by atoms with Gasteiger partial charge in [-0.25, -0.2) is 13.6 Å². The van der Waals surface area contributed by atoms with Crippen molar-refractivity contribution < 1.29 is 22.8 Å². The molecule has 1 aliphatic rings. The molecule has 8 heteroatoms. The van der Waals surface area contributed by atoms with Crippen molar-refractivity contribution in [2.45, 2.75) is 6.42 Å². The molecule has 28 heavy (non-hydrogen) atoms. The third-order valence-corrected chi connectivity index (χ3v) is 4.54. The molecule has 4 rings (SSSR count). The third-order valence-electron chi connectivity index (χ3n) is 4.54. The van der Waals surface area contributed by atoms with Gasteiger partial charge in [-0.05, 0) is 36.4 Å². The normalized spacial score (nSPS) is 16.6. The van der Waals surface area contributed by atoms with E-state index in [2.05, 4.69) is 5.32 Å². The van der Waals surface area contributed by atoms with Gasteiger partial charge in [0.1, 0.15) is 17.2 Å². The largest absolute Gasteiger partial charge is 0.423 e. The molecule has 0 bridgehead atoms. The highest BCUT2D eigenvalue weighted by molar-refractivity contribution is 6.04. The van der Waals surface area contributed by atoms with Crippen LogP contribution in [0.5, 0.6) is 0 Å². The summed E-state index contributed by atoms with van der Waals surface area (Å²) in [5.74, 6) is -3.02. The lowest BCUT2D eigenvalue weighted by Crippen LogP contribution is -2.28. The van der Waals surface area contributed by atoms with Crippen LogP contribution in [0.1, 0.15) is 6.42 Å². The average Bonchev–Trinajstić information content (AvgIpc) is 3.03. The van der Waals surface area contributed by atoms with Crippen molar-refractivity contribution in [3.05, 3.63) is 70.6 Å². The van der Waals surface area contributed by atoms with Crippen molar-refractivity contribution in [3.8, 4) is 0 Å². The first-order valence-electron chi connectivity index (χ1n) is 8.50. The molecule has 2 heterocycles. The quantitative estimate of drug-likeness (QED) is 0.704. The monoisotopic (exact) mass is 384 g/mol. The maximum absolute atomic E-state index is 13.4.